The number of alkyl halides is 1. The number of nitrogens with two attached hydrogens (primary N) is 2. The number of carbonyl (C=O) groups is 9. The molecule has 7 saturated carbocycles. The van der Waals surface area contributed by atoms with E-state index in [-0.39, 0.29) is 577 Å². The molecule has 0 spiro atoms. The van der Waals surface area contributed by atoms with Gasteiger partial charge in [0.2, 0.25) is 0 Å². The molecule has 10 aliphatic rings. The van der Waals surface area contributed by atoms with Crippen LogP contribution in [0.3, 0.4) is 0 Å². The fourth-order valence-electron chi connectivity index (χ4n) is 19.1. The van der Waals surface area contributed by atoms with Crippen LogP contribution in [-0.2, 0) is 57.4 Å². The second-order valence-corrected chi connectivity index (χ2v) is 39.3. The molecule has 10 rings (SSSR count). The van der Waals surface area contributed by atoms with Crippen molar-refractivity contribution in [1.82, 2.24) is 45.3 Å². The third kappa shape index (κ3) is 110. The Balaban J connectivity index is -0.0000000683. The number of Topliss-reactive ketones (excluding diaryl/α,β-unsaturated/α-hetero) is 5. The van der Waals surface area contributed by atoms with Crippen LogP contribution in [0.1, 0.15) is 232 Å². The van der Waals surface area contributed by atoms with E-state index in [2.05, 4.69) is 182 Å². The van der Waals surface area contributed by atoms with Gasteiger partial charge in [-0.3, -0.25) is 89.5 Å². The van der Waals surface area contributed by atoms with Crippen molar-refractivity contribution in [3.63, 3.8) is 0 Å². The zero-order chi connectivity index (χ0) is 108. The van der Waals surface area contributed by atoms with Crippen LogP contribution < -0.4 is 116 Å². The van der Waals surface area contributed by atoms with Crippen LogP contribution in [0.4, 0.5) is 0 Å². The van der Waals surface area contributed by atoms with Gasteiger partial charge in [-0.05, 0) is 332 Å². The van der Waals surface area contributed by atoms with E-state index < -0.39 is 0 Å². The fourth-order valence-corrected chi connectivity index (χ4v) is 19.3. The van der Waals surface area contributed by atoms with Crippen molar-refractivity contribution in [3.05, 3.63) is 0 Å². The van der Waals surface area contributed by atoms with E-state index in [1.165, 1.54) is 158 Å². The Bertz CT molecular complexity index is 2820. The number of hydrogen-bond acceptors (Lipinski definition) is 37. The molecule has 0 aromatic heterocycles. The monoisotopic (exact) mass is 4140 g/mol. The number of esters is 3. The Morgan fingerprint density at radius 1 is 0.403 bits per heavy atom. The van der Waals surface area contributed by atoms with Gasteiger partial charge in [0.05, 0.1) is 60.6 Å². The molecule has 149 heavy (non-hydrogen) atoms. The average molecular weight is 4150 g/mol. The fraction of sp³-hybridized carbons (Fsp3) is 0.906. The minimum Gasteiger partial charge on any atom is -0.715 e. The number of carbonyl (C=O) groups excluding carboxylic acids is 9. The maximum Gasteiger partial charge on any atom is 1.00 e. The first kappa shape index (κ1) is 207. The summed E-state index contributed by atoms with van der Waals surface area (Å²) in [6, 6.07) is 3.18. The third-order valence-corrected chi connectivity index (χ3v) is 28.3. The summed E-state index contributed by atoms with van der Waals surface area (Å²) in [4.78, 5) is 109. The molecule has 3 aliphatic heterocycles. The zero-order valence-electron chi connectivity index (χ0n) is 96.9. The SMILES string of the molecule is CC(=O)CN(C)C1C[C@H](CN2CCC(C)CC2)[C@@H](C)C1.CC(=O)CN(C)[C@@H]1C[C@H](CN2CCC(C)CC2)[C@@H](C)C1.CC(=O)CN(C)[C@@H]1C[C@H](CO)[C@@H](C)C1.CC(=O)CN(C)[C@H]1C[C@H](CO)[C@@H](C)C1.CC1CCNCC1.CC=O.CN.CNC1C[C@H](CO)[C@@H](C)C1.COC(=O)CBr.COC(=O)CN.COC(=O)CNC1C[C@H](CO)[C@@H](C)C1.C[C@H]1CC(=O)C[C@@H]1CO.OO.OO.OO.[Ac].[Ac].[Ac].[Ac].[Ac].[Ac].[Ac].[Ac].[Ac].[B-]O.[B-]O.[B-]O.[Na+].[Na+].[Na+]. The molecule has 0 aromatic rings. The summed E-state index contributed by atoms with van der Waals surface area (Å²) >= 11 is 2.90. The predicted molar refractivity (Wildman–Crippen MR) is 548 cm³/mol. The Hall–Kier alpha value is 12.1. The first-order chi connectivity index (χ1) is 65.1. The number of nitrogens with one attached hydrogen (secondary N) is 3. The van der Waals surface area contributed by atoms with Gasteiger partial charge < -0.3 is 121 Å². The number of ether oxygens (including phenoxy) is 3. The Morgan fingerprint density at radius 3 is 0.826 bits per heavy atom. The largest absolute Gasteiger partial charge is 1.00 e. The zero-order valence-corrected chi connectivity index (χ0v) is 147. The van der Waals surface area contributed by atoms with Gasteiger partial charge in [-0.2, -0.15) is 0 Å². The molecule has 10 fully saturated rings. The number of aldehydes is 1. The molecule has 0 amide bonds. The average Bonchev–Trinajstić information content (AvgIpc) is 1.71. The number of ketones is 5. The van der Waals surface area contributed by atoms with Crippen LogP contribution in [0, 0.1) is 497 Å². The summed E-state index contributed by atoms with van der Waals surface area (Å²) in [5.41, 5.74) is 9.31. The molecular formula is C96H197Ac9B3BrN11Na3O26. The van der Waals surface area contributed by atoms with Crippen molar-refractivity contribution in [2.75, 3.05) is 194 Å². The van der Waals surface area contributed by atoms with E-state index in [4.69, 9.17) is 82.7 Å². The molecule has 37 nitrogen and oxygen atoms in total. The van der Waals surface area contributed by atoms with E-state index in [1.54, 1.807) is 27.7 Å². The molecule has 53 heteroatoms. The maximum atomic E-state index is 11.3. The van der Waals surface area contributed by atoms with Crippen LogP contribution in [0.2, 0.25) is 0 Å². The van der Waals surface area contributed by atoms with Crippen LogP contribution in [-0.4, -0.2) is 409 Å². The number of rotatable bonds is 27. The van der Waals surface area contributed by atoms with Gasteiger partial charge in [0.1, 0.15) is 40.5 Å². The number of hydrogen-bond donors (Lipinski definition) is 19. The van der Waals surface area contributed by atoms with Crippen molar-refractivity contribution in [2.24, 2.45) is 112 Å². The van der Waals surface area contributed by atoms with Gasteiger partial charge in [0.15, 0.2) is 0 Å². The number of methoxy groups -OCH3 is 3. The number of nitrogens with zero attached hydrogens (tertiary/aromatic N) is 6. The van der Waals surface area contributed by atoms with E-state index in [9.17, 15) is 38.4 Å². The smallest absolute Gasteiger partial charge is 0.715 e. The molecule has 0 aromatic carbocycles. The summed E-state index contributed by atoms with van der Waals surface area (Å²) in [5, 5.41) is 110. The van der Waals surface area contributed by atoms with Crippen LogP contribution >= 0.6 is 15.9 Å². The van der Waals surface area contributed by atoms with Crippen LogP contribution in [0.15, 0.2) is 0 Å². The molecule has 0 bridgehead atoms. The van der Waals surface area contributed by atoms with Crippen LogP contribution in [0.5, 0.6) is 0 Å². The summed E-state index contributed by atoms with van der Waals surface area (Å²) in [6.45, 7) is 44.8. The van der Waals surface area contributed by atoms with Crippen molar-refractivity contribution < 1.29 is 615 Å². The topological polar surface area (TPSA) is 572 Å². The molecule has 3 heterocycles. The number of aliphatic hydroxyl groups excluding tert-OH is 5. The van der Waals surface area contributed by atoms with E-state index in [1.807, 2.05) is 28.1 Å². The summed E-state index contributed by atoms with van der Waals surface area (Å²) in [7, 11) is 26.3. The van der Waals surface area contributed by atoms with Crippen molar-refractivity contribution in [1.29, 1.82) is 0 Å². The van der Waals surface area contributed by atoms with Crippen molar-refractivity contribution >= 4 is 93.2 Å². The second kappa shape index (κ2) is 140. The van der Waals surface area contributed by atoms with E-state index >= 15 is 0 Å². The molecule has 18 radical (unpaired) electrons. The number of halogens is 1. The summed E-state index contributed by atoms with van der Waals surface area (Å²) in [6.07, 6.45) is 23.9. The molecule has 3 unspecified atom stereocenters. The normalized spacial score (nSPS) is 25.0. The first-order valence-corrected chi connectivity index (χ1v) is 49.9. The van der Waals surface area contributed by atoms with Gasteiger partial charge in [-0.1, -0.05) is 85.2 Å². The quantitative estimate of drug-likeness (QED) is 0.00752. The molecular weight excluding hydrogens is 3950 g/mol. The molecule has 7 aliphatic carbocycles. The number of aliphatic hydroxyl groups is 5. The summed E-state index contributed by atoms with van der Waals surface area (Å²) in [5.74, 6) is 11.3. The van der Waals surface area contributed by atoms with Crippen molar-refractivity contribution in [3.8, 4) is 0 Å². The Labute approximate surface area is 1300 Å². The standard InChI is InChI=1S/2C17H32N2O.2C11H21NO2.C10H19NO3.C8H17NO.C7H12O2.C6H13N.C3H5BrO2.C3H7NO2.C2H4O.CH5N.9Ac.3BHO.3Na.3H2O2/c2*1-13-5-7-19(8-6-13)12-16-10-17(9-14(16)2)18(4)11-15(3)20;2*1-8-4-11(5-10(8)7-13)12(3)6-9(2)14;1-7-3-9(4-8(7)6-12)11-5-10(13)14-2;1-6-3-8(9-2)4-7(6)5-10;1-5-2-7(9)3-6(5)4-8;1-6-2-4-7-5-3-6;2*1-6-3(5)2-4;1-2-3;1-2;;;;;;;;;;3*1-2;;;;3*1-2/h2*13-14,16-17H,5-12H2,1-4H3;2*8,10-11,13H,4-7H2,1-3H3;7-9,11-12H,3-6H2,1-2H3;6-10H,3-5H2,1-2H3;5-6,8H,2-4H2,1H3;6-7H,2-5H2,1H3;2H2,1H3;2,4H2,1H3;2H,1H3;2H2,1H3;;;;;;;;;;3*2H;;;;3*1-2H/q;;;;;;;;;;;;;;;;;;;;;3*-1;3*+1;;;/t14-,16+,17?;14-,16+,17-;8-,10+,11+;8-,10+,11-;7-,8+,9?;6-,7+,8?;5-,6+;;;;;;;;;;;;;;;;;;;;;;;/m0000000......................./s1. The number of likely N-dealkylation sites (tertiary alicyclic amines) is 2. The molecule has 20 atom stereocenters. The summed E-state index contributed by atoms with van der Waals surface area (Å²) < 4.78 is 12.9. The number of piperidine rings is 3. The van der Waals surface area contributed by atoms with Crippen LogP contribution in [0.25, 0.3) is 0 Å². The van der Waals surface area contributed by atoms with Gasteiger partial charge in [-0.15, -0.1) is 0 Å². The van der Waals surface area contributed by atoms with Gasteiger partial charge in [-0.25, -0.2) is 0 Å². The van der Waals surface area contributed by atoms with Gasteiger partial charge in [0.25, 0.3) is 0 Å². The third-order valence-electron chi connectivity index (χ3n) is 27.9. The van der Waals surface area contributed by atoms with E-state index in [0.717, 1.165) is 92.7 Å². The molecule has 838 valence electrons. The van der Waals surface area contributed by atoms with E-state index in [0.29, 0.717) is 141 Å². The molecule has 3 saturated heterocycles. The Morgan fingerprint density at radius 2 is 0.644 bits per heavy atom. The van der Waals surface area contributed by atoms with Gasteiger partial charge >= 0.3 is 107 Å². The maximum absolute atomic E-state index is 11.3. The minimum atomic E-state index is -0.380. The Kier molecular flexibility index (Phi) is 195. The number of likely N-dealkylation sites (N-methyl/N-ethyl adjacent to an activating group) is 4. The minimum absolute atomic E-state index is 0. The first-order valence-electron chi connectivity index (χ1n) is 48.8. The van der Waals surface area contributed by atoms with Gasteiger partial charge in [0, 0.05) is 492 Å². The predicted octanol–water partition coefficient (Wildman–Crippen LogP) is -2.79. The molecule has 21 N–H and O–H groups in total. The van der Waals surface area contributed by atoms with Crippen molar-refractivity contribution in [2.45, 2.75) is 269 Å². The second-order valence-electron chi connectivity index (χ2n) is 38.7.